The fourth-order valence-corrected chi connectivity index (χ4v) is 0.960. The minimum absolute atomic E-state index is 0.0570. The summed E-state index contributed by atoms with van der Waals surface area (Å²) in [4.78, 5) is 43.9. The van der Waals surface area contributed by atoms with Gasteiger partial charge in [0.2, 0.25) is 0 Å². The average molecular weight is 290 g/mol. The van der Waals surface area contributed by atoms with Crippen molar-refractivity contribution in [3.8, 4) is 0 Å². The van der Waals surface area contributed by atoms with E-state index in [4.69, 9.17) is 0 Å². The Bertz CT molecular complexity index is 326. The van der Waals surface area contributed by atoms with Crippen LogP contribution in [0.4, 0.5) is 19.2 Å². The van der Waals surface area contributed by atoms with Crippen molar-refractivity contribution in [3.05, 3.63) is 0 Å². The van der Waals surface area contributed by atoms with E-state index in [1.807, 2.05) is 10.6 Å². The van der Waals surface area contributed by atoms with E-state index in [1.165, 1.54) is 0 Å². The average Bonchev–Trinajstić information content (AvgIpc) is 2.35. The minimum atomic E-state index is -0.863. The molecule has 10 nitrogen and oxygen atoms in total. The molecule has 0 aromatic carbocycles. The number of alkyl carbamates (subject to hydrolysis) is 2. The van der Waals surface area contributed by atoms with E-state index < -0.39 is 24.2 Å². The molecule has 0 aliphatic heterocycles. The highest BCUT2D eigenvalue weighted by atomic mass is 16.6. The van der Waals surface area contributed by atoms with Gasteiger partial charge in [0, 0.05) is 13.1 Å². The van der Waals surface area contributed by atoms with E-state index in [2.05, 4.69) is 20.1 Å². The molecule has 0 unspecified atom stereocenters. The zero-order chi connectivity index (χ0) is 15.4. The van der Waals surface area contributed by atoms with Gasteiger partial charge in [-0.2, -0.15) is 0 Å². The first-order valence-corrected chi connectivity index (χ1v) is 5.92. The van der Waals surface area contributed by atoms with E-state index >= 15 is 0 Å². The molecule has 0 aromatic heterocycles. The van der Waals surface area contributed by atoms with Crippen LogP contribution in [0.2, 0.25) is 0 Å². The highest BCUT2D eigenvalue weighted by molar-refractivity contribution is 5.91. The molecular weight excluding hydrogens is 272 g/mol. The van der Waals surface area contributed by atoms with E-state index in [0.717, 1.165) is 0 Å². The summed E-state index contributed by atoms with van der Waals surface area (Å²) in [5.74, 6) is 0. The second-order valence-electron chi connectivity index (χ2n) is 3.20. The van der Waals surface area contributed by atoms with Gasteiger partial charge in [-0.15, -0.1) is 0 Å². The molecule has 0 aliphatic carbocycles. The van der Waals surface area contributed by atoms with Gasteiger partial charge >= 0.3 is 24.2 Å². The van der Waals surface area contributed by atoms with Gasteiger partial charge in [0.05, 0.1) is 13.2 Å². The molecule has 0 radical (unpaired) electrons. The maximum absolute atomic E-state index is 11.1. The molecule has 10 heteroatoms. The Morgan fingerprint density at radius 3 is 1.40 bits per heavy atom. The Morgan fingerprint density at radius 2 is 1.10 bits per heavy atom. The molecule has 114 valence electrons. The number of hydrogen-bond donors (Lipinski definition) is 4. The summed E-state index contributed by atoms with van der Waals surface area (Å²) < 4.78 is 8.96. The van der Waals surface area contributed by atoms with Crippen molar-refractivity contribution in [2.75, 3.05) is 26.3 Å². The van der Waals surface area contributed by atoms with E-state index in [1.54, 1.807) is 13.8 Å². The van der Waals surface area contributed by atoms with Gasteiger partial charge in [-0.05, 0) is 13.8 Å². The van der Waals surface area contributed by atoms with Gasteiger partial charge in [-0.3, -0.25) is 0 Å². The monoisotopic (exact) mass is 290 g/mol. The number of amides is 6. The summed E-state index contributed by atoms with van der Waals surface area (Å²) in [5.41, 5.74) is 0. The first-order chi connectivity index (χ1) is 9.49. The normalized spacial score (nSPS) is 9.10. The third kappa shape index (κ3) is 9.50. The Hall–Kier alpha value is -2.52. The van der Waals surface area contributed by atoms with Gasteiger partial charge in [0.15, 0.2) is 0 Å². The summed E-state index contributed by atoms with van der Waals surface area (Å²) >= 11 is 0. The molecule has 0 aliphatic rings. The van der Waals surface area contributed by atoms with Crippen LogP contribution in [0.5, 0.6) is 0 Å². The van der Waals surface area contributed by atoms with Crippen molar-refractivity contribution in [1.29, 1.82) is 0 Å². The number of nitrogens with one attached hydrogen (secondary N) is 4. The molecule has 0 saturated carbocycles. The Kier molecular flexibility index (Phi) is 9.10. The third-order valence-electron chi connectivity index (χ3n) is 1.68. The molecule has 4 N–H and O–H groups in total. The molecule has 0 atom stereocenters. The van der Waals surface area contributed by atoms with E-state index in [0.29, 0.717) is 0 Å². The number of hydrogen-bond acceptors (Lipinski definition) is 6. The van der Waals surface area contributed by atoms with Gasteiger partial charge in [0.1, 0.15) is 0 Å². The van der Waals surface area contributed by atoms with Gasteiger partial charge in [-0.1, -0.05) is 0 Å². The predicted molar refractivity (Wildman–Crippen MR) is 67.1 cm³/mol. The Labute approximate surface area is 115 Å². The standard InChI is InChI=1S/C10H18N4O6/c1-3-19-9(17)13-7(15)11-5-6-12-8(16)14-10(18)20-4-2/h3-6H2,1-2H3,(H2,11,13,15,17)(H2,12,14,16,18). The SMILES string of the molecule is CCOC(=O)NC(=O)NCCNC(=O)NC(=O)OCC. The van der Waals surface area contributed by atoms with Crippen LogP contribution in [0, 0.1) is 0 Å². The first-order valence-electron chi connectivity index (χ1n) is 5.92. The number of carbonyl (C=O) groups is 4. The fraction of sp³-hybridized carbons (Fsp3) is 0.600. The smallest absolute Gasteiger partial charge is 0.415 e. The molecule has 20 heavy (non-hydrogen) atoms. The molecule has 6 amide bonds. The van der Waals surface area contributed by atoms with Gasteiger partial charge < -0.3 is 20.1 Å². The van der Waals surface area contributed by atoms with Crippen molar-refractivity contribution in [3.63, 3.8) is 0 Å². The molecule has 0 saturated heterocycles. The topological polar surface area (TPSA) is 135 Å². The van der Waals surface area contributed by atoms with Crippen LogP contribution in [0.1, 0.15) is 13.8 Å². The van der Waals surface area contributed by atoms with Crippen molar-refractivity contribution < 1.29 is 28.7 Å². The second kappa shape index (κ2) is 10.4. The van der Waals surface area contributed by atoms with Crippen LogP contribution in [-0.4, -0.2) is 50.6 Å². The zero-order valence-corrected chi connectivity index (χ0v) is 11.3. The van der Waals surface area contributed by atoms with Crippen LogP contribution < -0.4 is 21.3 Å². The fourth-order valence-electron chi connectivity index (χ4n) is 0.960. The van der Waals surface area contributed by atoms with Crippen molar-refractivity contribution in [1.82, 2.24) is 21.3 Å². The quantitative estimate of drug-likeness (QED) is 0.522. The third-order valence-corrected chi connectivity index (χ3v) is 1.68. The molecule has 0 aromatic rings. The minimum Gasteiger partial charge on any atom is -0.450 e. The van der Waals surface area contributed by atoms with Crippen molar-refractivity contribution in [2.45, 2.75) is 13.8 Å². The summed E-state index contributed by atoms with van der Waals surface area (Å²) in [6, 6.07) is -1.51. The lowest BCUT2D eigenvalue weighted by molar-refractivity contribution is 0.151. The Morgan fingerprint density at radius 1 is 0.750 bits per heavy atom. The first kappa shape index (κ1) is 17.5. The van der Waals surface area contributed by atoms with Crippen LogP contribution >= 0.6 is 0 Å². The van der Waals surface area contributed by atoms with Crippen LogP contribution in [0.3, 0.4) is 0 Å². The summed E-state index contributed by atoms with van der Waals surface area (Å²) in [5, 5.41) is 8.40. The lowest BCUT2D eigenvalue weighted by atomic mass is 10.6. The number of ether oxygens (including phenoxy) is 2. The number of rotatable bonds is 5. The largest absolute Gasteiger partial charge is 0.450 e. The second-order valence-corrected chi connectivity index (χ2v) is 3.20. The lowest BCUT2D eigenvalue weighted by Crippen LogP contribution is -2.45. The molecule has 0 fully saturated rings. The zero-order valence-electron chi connectivity index (χ0n) is 11.3. The van der Waals surface area contributed by atoms with Crippen molar-refractivity contribution >= 4 is 24.2 Å². The molecule has 0 rings (SSSR count). The van der Waals surface area contributed by atoms with Gasteiger partial charge in [-0.25, -0.2) is 29.8 Å². The predicted octanol–water partition coefficient (Wildman–Crippen LogP) is -0.102. The molecular formula is C10H18N4O6. The Balaban J connectivity index is 3.65. The summed E-state index contributed by atoms with van der Waals surface area (Å²) in [6.07, 6.45) is -1.73. The molecule has 0 heterocycles. The van der Waals surface area contributed by atoms with Crippen LogP contribution in [0.15, 0.2) is 0 Å². The molecule has 0 spiro atoms. The van der Waals surface area contributed by atoms with Crippen LogP contribution in [-0.2, 0) is 9.47 Å². The lowest BCUT2D eigenvalue weighted by Gasteiger charge is -2.08. The number of carbonyl (C=O) groups excluding carboxylic acids is 4. The maximum atomic E-state index is 11.1. The number of urea groups is 2. The number of imide groups is 2. The highest BCUT2D eigenvalue weighted by Crippen LogP contribution is 1.77. The summed E-state index contributed by atoms with van der Waals surface area (Å²) in [7, 11) is 0. The van der Waals surface area contributed by atoms with E-state index in [9.17, 15) is 19.2 Å². The summed E-state index contributed by atoms with van der Waals surface area (Å²) in [6.45, 7) is 3.61. The maximum Gasteiger partial charge on any atom is 0.415 e. The van der Waals surface area contributed by atoms with Gasteiger partial charge in [0.25, 0.3) is 0 Å². The highest BCUT2D eigenvalue weighted by Gasteiger charge is 2.08. The van der Waals surface area contributed by atoms with Crippen LogP contribution in [0.25, 0.3) is 0 Å². The molecule has 0 bridgehead atoms. The van der Waals surface area contributed by atoms with E-state index in [-0.39, 0.29) is 26.3 Å². The van der Waals surface area contributed by atoms with Crippen molar-refractivity contribution in [2.24, 2.45) is 0 Å².